The van der Waals surface area contributed by atoms with Crippen molar-refractivity contribution in [1.82, 2.24) is 0 Å². The number of phenolic OH excluding ortho intramolecular Hbond substituents is 1. The predicted octanol–water partition coefficient (Wildman–Crippen LogP) is 2.91. The van der Waals surface area contributed by atoms with Crippen LogP contribution >= 0.6 is 15.9 Å². The second kappa shape index (κ2) is 5.18. The van der Waals surface area contributed by atoms with Crippen LogP contribution < -0.4 is 0 Å². The summed E-state index contributed by atoms with van der Waals surface area (Å²) in [5.74, 6) is -2.52. The van der Waals surface area contributed by atoms with Gasteiger partial charge in [0.05, 0.1) is 0 Å². The topological polar surface area (TPSA) is 72.8 Å². The summed E-state index contributed by atoms with van der Waals surface area (Å²) in [6.45, 7) is 0. The van der Waals surface area contributed by atoms with E-state index in [1.165, 1.54) is 12.1 Å². The average molecular weight is 353 g/mol. The van der Waals surface area contributed by atoms with Gasteiger partial charge in [-0.1, -0.05) is 15.9 Å². The summed E-state index contributed by atoms with van der Waals surface area (Å²) < 4.78 is 11.4. The third kappa shape index (κ3) is 2.68. The second-order valence-corrected chi connectivity index (χ2v) is 6.07. The highest BCUT2D eigenvalue weighted by molar-refractivity contribution is 9.10. The lowest BCUT2D eigenvalue weighted by Gasteiger charge is -2.32. The fourth-order valence-electron chi connectivity index (χ4n) is 2.58. The lowest BCUT2D eigenvalue weighted by atomic mass is 10.1. The van der Waals surface area contributed by atoms with Gasteiger partial charge < -0.3 is 14.6 Å². The Balaban J connectivity index is 1.92. The highest BCUT2D eigenvalue weighted by Crippen LogP contribution is 2.39. The van der Waals surface area contributed by atoms with E-state index in [0.717, 1.165) is 17.3 Å². The van der Waals surface area contributed by atoms with E-state index < -0.39 is 17.7 Å². The molecule has 1 N–H and O–H groups in total. The molecule has 6 heteroatoms. The summed E-state index contributed by atoms with van der Waals surface area (Å²) in [5.41, 5.74) is 0.136. The summed E-state index contributed by atoms with van der Waals surface area (Å²) in [5, 5.41) is 9.77. The van der Waals surface area contributed by atoms with Crippen LogP contribution in [0.25, 0.3) is 6.08 Å². The minimum atomic E-state index is -1.08. The lowest BCUT2D eigenvalue weighted by molar-refractivity contribution is -0.232. The number of phenols is 1. The monoisotopic (exact) mass is 352 g/mol. The zero-order chi connectivity index (χ0) is 15.0. The van der Waals surface area contributed by atoms with Gasteiger partial charge in [0.25, 0.3) is 5.79 Å². The SMILES string of the molecule is O=C1OC2(CCCC2)OC(=O)C1=Cc1cc(Br)ccc1O. The van der Waals surface area contributed by atoms with Crippen molar-refractivity contribution in [3.63, 3.8) is 0 Å². The van der Waals surface area contributed by atoms with Gasteiger partial charge in [0.15, 0.2) is 0 Å². The molecule has 1 saturated heterocycles. The van der Waals surface area contributed by atoms with Crippen molar-refractivity contribution in [1.29, 1.82) is 0 Å². The Morgan fingerprint density at radius 1 is 1.14 bits per heavy atom. The molecule has 21 heavy (non-hydrogen) atoms. The number of benzene rings is 1. The normalized spacial score (nSPS) is 20.3. The molecule has 0 radical (unpaired) electrons. The van der Waals surface area contributed by atoms with Crippen molar-refractivity contribution in [2.75, 3.05) is 0 Å². The summed E-state index contributed by atoms with van der Waals surface area (Å²) in [4.78, 5) is 24.2. The summed E-state index contributed by atoms with van der Waals surface area (Å²) in [7, 11) is 0. The molecule has 1 spiro atoms. The molecule has 1 aromatic rings. The van der Waals surface area contributed by atoms with Gasteiger partial charge in [-0.25, -0.2) is 9.59 Å². The van der Waals surface area contributed by atoms with Gasteiger partial charge in [-0.3, -0.25) is 0 Å². The summed E-state index contributed by atoms with van der Waals surface area (Å²) in [6.07, 6.45) is 4.10. The lowest BCUT2D eigenvalue weighted by Crippen LogP contribution is -2.44. The highest BCUT2D eigenvalue weighted by atomic mass is 79.9. The Morgan fingerprint density at radius 2 is 1.76 bits per heavy atom. The standard InChI is InChI=1S/C15H13BrO5/c16-10-3-4-12(17)9(7-10)8-11-13(18)20-15(21-14(11)19)5-1-2-6-15/h3-4,7-8,17H,1-2,5-6H2. The van der Waals surface area contributed by atoms with E-state index >= 15 is 0 Å². The largest absolute Gasteiger partial charge is 0.507 e. The number of esters is 2. The molecular formula is C15H13BrO5. The molecule has 0 aromatic heterocycles. The molecule has 1 aliphatic heterocycles. The van der Waals surface area contributed by atoms with E-state index in [1.54, 1.807) is 12.1 Å². The van der Waals surface area contributed by atoms with Crippen LogP contribution in [0.4, 0.5) is 0 Å². The number of hydrogen-bond donors (Lipinski definition) is 1. The fourth-order valence-corrected chi connectivity index (χ4v) is 2.96. The molecule has 0 atom stereocenters. The second-order valence-electron chi connectivity index (χ2n) is 5.16. The predicted molar refractivity (Wildman–Crippen MR) is 77.2 cm³/mol. The van der Waals surface area contributed by atoms with Crippen molar-refractivity contribution >= 4 is 33.9 Å². The quantitative estimate of drug-likeness (QED) is 0.478. The van der Waals surface area contributed by atoms with Crippen LogP contribution in [0.2, 0.25) is 0 Å². The third-order valence-electron chi connectivity index (χ3n) is 3.65. The van der Waals surface area contributed by atoms with Crippen LogP contribution in [0.15, 0.2) is 28.2 Å². The zero-order valence-electron chi connectivity index (χ0n) is 11.1. The summed E-state index contributed by atoms with van der Waals surface area (Å²) >= 11 is 3.27. The zero-order valence-corrected chi connectivity index (χ0v) is 12.7. The van der Waals surface area contributed by atoms with E-state index in [0.29, 0.717) is 18.4 Å². The number of carbonyl (C=O) groups excluding carboxylic acids is 2. The third-order valence-corrected chi connectivity index (χ3v) is 4.15. The number of hydrogen-bond acceptors (Lipinski definition) is 5. The molecular weight excluding hydrogens is 340 g/mol. The maximum Gasteiger partial charge on any atom is 0.348 e. The first-order valence-corrected chi connectivity index (χ1v) is 7.45. The Labute approximate surface area is 129 Å². The van der Waals surface area contributed by atoms with E-state index in [-0.39, 0.29) is 11.3 Å². The number of carbonyl (C=O) groups is 2. The van der Waals surface area contributed by atoms with Crippen molar-refractivity contribution in [3.05, 3.63) is 33.8 Å². The number of rotatable bonds is 1. The molecule has 3 rings (SSSR count). The van der Waals surface area contributed by atoms with Crippen LogP contribution in [0.1, 0.15) is 31.2 Å². The maximum atomic E-state index is 12.1. The van der Waals surface area contributed by atoms with Gasteiger partial charge in [0.2, 0.25) is 0 Å². The van der Waals surface area contributed by atoms with Crippen LogP contribution in [-0.4, -0.2) is 22.8 Å². The number of aromatic hydroxyl groups is 1. The van der Waals surface area contributed by atoms with E-state index in [1.807, 2.05) is 0 Å². The summed E-state index contributed by atoms with van der Waals surface area (Å²) in [6, 6.07) is 4.72. The van der Waals surface area contributed by atoms with Crippen LogP contribution in [-0.2, 0) is 19.1 Å². The van der Waals surface area contributed by atoms with E-state index in [4.69, 9.17) is 9.47 Å². The molecule has 110 valence electrons. The van der Waals surface area contributed by atoms with Gasteiger partial charge in [-0.2, -0.15) is 0 Å². The van der Waals surface area contributed by atoms with Crippen molar-refractivity contribution < 1.29 is 24.2 Å². The van der Waals surface area contributed by atoms with Gasteiger partial charge >= 0.3 is 11.9 Å². The maximum absolute atomic E-state index is 12.1. The van der Waals surface area contributed by atoms with Crippen LogP contribution in [0.3, 0.4) is 0 Å². The highest BCUT2D eigenvalue weighted by Gasteiger charge is 2.47. The van der Waals surface area contributed by atoms with E-state index in [9.17, 15) is 14.7 Å². The smallest absolute Gasteiger partial charge is 0.348 e. The fraction of sp³-hybridized carbons (Fsp3) is 0.333. The van der Waals surface area contributed by atoms with Crippen LogP contribution in [0, 0.1) is 0 Å². The van der Waals surface area contributed by atoms with Crippen molar-refractivity contribution in [2.45, 2.75) is 31.5 Å². The number of halogens is 1. The molecule has 1 aliphatic carbocycles. The molecule has 5 nitrogen and oxygen atoms in total. The minimum absolute atomic E-state index is 0.0348. The minimum Gasteiger partial charge on any atom is -0.507 e. The molecule has 1 heterocycles. The van der Waals surface area contributed by atoms with Crippen molar-refractivity contribution in [2.24, 2.45) is 0 Å². The molecule has 0 bridgehead atoms. The van der Waals surface area contributed by atoms with Gasteiger partial charge in [0.1, 0.15) is 11.3 Å². The Morgan fingerprint density at radius 3 is 2.38 bits per heavy atom. The molecule has 1 saturated carbocycles. The Hall–Kier alpha value is -1.82. The first-order valence-electron chi connectivity index (χ1n) is 6.66. The number of ether oxygens (including phenoxy) is 2. The van der Waals surface area contributed by atoms with Gasteiger partial charge in [-0.15, -0.1) is 0 Å². The van der Waals surface area contributed by atoms with E-state index in [2.05, 4.69) is 15.9 Å². The van der Waals surface area contributed by atoms with Gasteiger partial charge in [0, 0.05) is 22.9 Å². The van der Waals surface area contributed by atoms with Gasteiger partial charge in [-0.05, 0) is 37.1 Å². The first kappa shape index (κ1) is 14.1. The molecule has 1 aromatic carbocycles. The van der Waals surface area contributed by atoms with Crippen LogP contribution in [0.5, 0.6) is 5.75 Å². The van der Waals surface area contributed by atoms with Crippen molar-refractivity contribution in [3.8, 4) is 5.75 Å². The molecule has 0 unspecified atom stereocenters. The molecule has 2 aliphatic rings. The Kier molecular flexibility index (Phi) is 3.49. The first-order chi connectivity index (χ1) is 9.99. The molecule has 0 amide bonds. The Bertz CT molecular complexity index is 621. The average Bonchev–Trinajstić information content (AvgIpc) is 2.85. The molecule has 2 fully saturated rings.